The molecule has 0 saturated heterocycles. The summed E-state index contributed by atoms with van der Waals surface area (Å²) in [5, 5.41) is 13.2. The van der Waals surface area contributed by atoms with E-state index in [1.807, 2.05) is 30.3 Å². The van der Waals surface area contributed by atoms with E-state index in [4.69, 9.17) is 20.1 Å². The van der Waals surface area contributed by atoms with Gasteiger partial charge < -0.3 is 0 Å². The molecule has 0 atom stereocenters. The molecule has 0 saturated carbocycles. The van der Waals surface area contributed by atoms with Crippen molar-refractivity contribution in [1.29, 1.82) is 0 Å². The quantitative estimate of drug-likeness (QED) is 0.160. The molecule has 0 aliphatic rings. The zero-order valence-electron chi connectivity index (χ0n) is 30.8. The van der Waals surface area contributed by atoms with E-state index in [1.165, 1.54) is 5.39 Å². The molecule has 2 heterocycles. The number of fused-ring (bicyclic) bond motifs is 6. The Balaban J connectivity index is 1.25. The molecule has 0 bridgehead atoms. The SMILES string of the molecule is c1ccc(-c2nc(-c3cc4ccccc4c4ccccc34)nc(-c3cccc4c3cc(-c3ccccc3)c3c(-c5ccccc5)nn(-c5ccccc5)c34)n2)cc1. The molecular formula is C52H33N5. The molecule has 266 valence electrons. The highest BCUT2D eigenvalue weighted by Gasteiger charge is 2.24. The van der Waals surface area contributed by atoms with E-state index in [9.17, 15) is 0 Å². The van der Waals surface area contributed by atoms with Crippen molar-refractivity contribution in [1.82, 2.24) is 24.7 Å². The maximum absolute atomic E-state index is 5.41. The number of benzene rings is 9. The monoisotopic (exact) mass is 727 g/mol. The molecule has 0 amide bonds. The minimum atomic E-state index is 0.606. The summed E-state index contributed by atoms with van der Waals surface area (Å²) in [5.41, 5.74) is 8.99. The van der Waals surface area contributed by atoms with Crippen LogP contribution in [0, 0.1) is 0 Å². The highest BCUT2D eigenvalue weighted by molar-refractivity contribution is 6.20. The minimum absolute atomic E-state index is 0.606. The van der Waals surface area contributed by atoms with Gasteiger partial charge in [-0.15, -0.1) is 0 Å². The second kappa shape index (κ2) is 13.5. The summed E-state index contributed by atoms with van der Waals surface area (Å²) < 4.78 is 2.10. The van der Waals surface area contributed by atoms with Crippen LogP contribution in [-0.2, 0) is 0 Å². The van der Waals surface area contributed by atoms with E-state index in [0.29, 0.717) is 17.5 Å². The maximum atomic E-state index is 5.41. The van der Waals surface area contributed by atoms with Crippen LogP contribution in [0.25, 0.3) is 105 Å². The van der Waals surface area contributed by atoms with Crippen LogP contribution < -0.4 is 0 Å². The van der Waals surface area contributed by atoms with Crippen molar-refractivity contribution in [2.75, 3.05) is 0 Å². The number of aromatic nitrogens is 5. The molecule has 0 aliphatic heterocycles. The summed E-state index contributed by atoms with van der Waals surface area (Å²) in [5.74, 6) is 1.85. The fourth-order valence-corrected chi connectivity index (χ4v) is 8.23. The van der Waals surface area contributed by atoms with Crippen LogP contribution in [0.5, 0.6) is 0 Å². The molecule has 9 aromatic carbocycles. The van der Waals surface area contributed by atoms with Gasteiger partial charge in [0.1, 0.15) is 5.69 Å². The first kappa shape index (κ1) is 32.7. The Morgan fingerprint density at radius 3 is 1.60 bits per heavy atom. The van der Waals surface area contributed by atoms with E-state index < -0.39 is 0 Å². The van der Waals surface area contributed by atoms with Crippen LogP contribution in [-0.4, -0.2) is 24.7 Å². The summed E-state index contributed by atoms with van der Waals surface area (Å²) >= 11 is 0. The first-order valence-corrected chi connectivity index (χ1v) is 19.2. The van der Waals surface area contributed by atoms with Crippen LogP contribution in [0.1, 0.15) is 0 Å². The van der Waals surface area contributed by atoms with Gasteiger partial charge in [0.05, 0.1) is 11.2 Å². The first-order valence-electron chi connectivity index (χ1n) is 19.2. The fraction of sp³-hybridized carbons (Fsp3) is 0. The van der Waals surface area contributed by atoms with Gasteiger partial charge in [0.25, 0.3) is 0 Å². The van der Waals surface area contributed by atoms with Crippen molar-refractivity contribution in [2.45, 2.75) is 0 Å². The van der Waals surface area contributed by atoms with E-state index in [0.717, 1.165) is 82.6 Å². The lowest BCUT2D eigenvalue weighted by Gasteiger charge is -2.15. The van der Waals surface area contributed by atoms with E-state index in [2.05, 4.69) is 175 Å². The van der Waals surface area contributed by atoms with Crippen molar-refractivity contribution >= 4 is 43.2 Å². The van der Waals surface area contributed by atoms with Crippen LogP contribution in [0.3, 0.4) is 0 Å². The van der Waals surface area contributed by atoms with Crippen molar-refractivity contribution in [3.8, 4) is 62.2 Å². The minimum Gasteiger partial charge on any atom is -0.232 e. The van der Waals surface area contributed by atoms with Gasteiger partial charge in [-0.3, -0.25) is 0 Å². The molecular weight excluding hydrogens is 695 g/mol. The molecule has 0 fully saturated rings. The lowest BCUT2D eigenvalue weighted by molar-refractivity contribution is 0.918. The molecule has 11 aromatic rings. The molecule has 0 N–H and O–H groups in total. The lowest BCUT2D eigenvalue weighted by Crippen LogP contribution is -2.01. The van der Waals surface area contributed by atoms with Crippen molar-refractivity contribution in [3.63, 3.8) is 0 Å². The summed E-state index contributed by atoms with van der Waals surface area (Å²) in [7, 11) is 0. The zero-order chi connectivity index (χ0) is 37.7. The van der Waals surface area contributed by atoms with Gasteiger partial charge in [0.2, 0.25) is 0 Å². The molecule has 57 heavy (non-hydrogen) atoms. The van der Waals surface area contributed by atoms with Crippen molar-refractivity contribution in [2.24, 2.45) is 0 Å². The highest BCUT2D eigenvalue weighted by atomic mass is 15.3. The number of hydrogen-bond donors (Lipinski definition) is 0. The number of para-hydroxylation sites is 1. The second-order valence-electron chi connectivity index (χ2n) is 14.2. The van der Waals surface area contributed by atoms with Gasteiger partial charge in [-0.1, -0.05) is 176 Å². The highest BCUT2D eigenvalue weighted by Crippen LogP contribution is 2.44. The van der Waals surface area contributed by atoms with Crippen LogP contribution in [0.2, 0.25) is 0 Å². The van der Waals surface area contributed by atoms with Gasteiger partial charge in [-0.25, -0.2) is 19.6 Å². The summed E-state index contributed by atoms with van der Waals surface area (Å²) in [6.07, 6.45) is 0. The Labute approximate surface area is 329 Å². The number of nitrogens with zero attached hydrogens (tertiary/aromatic N) is 5. The summed E-state index contributed by atoms with van der Waals surface area (Å²) in [6, 6.07) is 69.7. The molecule has 5 nitrogen and oxygen atoms in total. The fourth-order valence-electron chi connectivity index (χ4n) is 8.23. The van der Waals surface area contributed by atoms with Gasteiger partial charge in [-0.05, 0) is 62.3 Å². The van der Waals surface area contributed by atoms with E-state index >= 15 is 0 Å². The molecule has 0 spiro atoms. The average Bonchev–Trinajstić information content (AvgIpc) is 3.70. The maximum Gasteiger partial charge on any atom is 0.164 e. The summed E-state index contributed by atoms with van der Waals surface area (Å²) in [4.78, 5) is 15.8. The first-order chi connectivity index (χ1) is 28.3. The molecule has 2 aromatic heterocycles. The molecule has 0 unspecified atom stereocenters. The number of rotatable bonds is 6. The lowest BCUT2D eigenvalue weighted by atomic mass is 9.92. The Bertz CT molecular complexity index is 3270. The standard InChI is InChI=1S/C52H33N5/c1-5-18-34(19-6-1)44-33-45-42(49-47(44)48(35-20-7-2-8-21-35)56-57(49)38-25-11-4-12-26-38)30-17-31-43(45)51-53-50(36-22-9-3-10-23-36)54-52(55-51)46-32-37-24-13-14-27-39(37)40-28-15-16-29-41(40)46/h1-33H. The van der Waals surface area contributed by atoms with Gasteiger partial charge in [-0.2, -0.15) is 5.10 Å². The molecule has 5 heteroatoms. The summed E-state index contributed by atoms with van der Waals surface area (Å²) in [6.45, 7) is 0. The molecule has 0 aliphatic carbocycles. The molecule has 0 radical (unpaired) electrons. The third-order valence-corrected chi connectivity index (χ3v) is 10.9. The Morgan fingerprint density at radius 2 is 0.877 bits per heavy atom. The van der Waals surface area contributed by atoms with Crippen LogP contribution in [0.15, 0.2) is 200 Å². The largest absolute Gasteiger partial charge is 0.232 e. The van der Waals surface area contributed by atoms with Crippen molar-refractivity contribution in [3.05, 3.63) is 200 Å². The average molecular weight is 728 g/mol. The van der Waals surface area contributed by atoms with Gasteiger partial charge in [0.15, 0.2) is 17.5 Å². The predicted molar refractivity (Wildman–Crippen MR) is 234 cm³/mol. The van der Waals surface area contributed by atoms with Gasteiger partial charge >= 0.3 is 0 Å². The third-order valence-electron chi connectivity index (χ3n) is 10.9. The number of hydrogen-bond acceptors (Lipinski definition) is 4. The normalized spacial score (nSPS) is 11.5. The Hall–Kier alpha value is -7.76. The third kappa shape index (κ3) is 5.56. The van der Waals surface area contributed by atoms with Crippen LogP contribution in [0.4, 0.5) is 0 Å². The predicted octanol–water partition coefficient (Wildman–Crippen LogP) is 13.0. The van der Waals surface area contributed by atoms with E-state index in [1.54, 1.807) is 0 Å². The van der Waals surface area contributed by atoms with Crippen molar-refractivity contribution < 1.29 is 0 Å². The van der Waals surface area contributed by atoms with E-state index in [-0.39, 0.29) is 0 Å². The second-order valence-corrected chi connectivity index (χ2v) is 14.2. The molecule has 11 rings (SSSR count). The topological polar surface area (TPSA) is 56.5 Å². The Morgan fingerprint density at radius 1 is 0.333 bits per heavy atom. The van der Waals surface area contributed by atoms with Crippen LogP contribution >= 0.6 is 0 Å². The zero-order valence-corrected chi connectivity index (χ0v) is 30.8. The smallest absolute Gasteiger partial charge is 0.164 e. The Kier molecular flexibility index (Phi) is 7.74. The van der Waals surface area contributed by atoms with Gasteiger partial charge in [0, 0.05) is 33.0 Å².